The fraction of sp³-hybridized carbons (Fsp3) is 0.529. The highest BCUT2D eigenvalue weighted by Crippen LogP contribution is 2.40. The second kappa shape index (κ2) is 7.00. The van der Waals surface area contributed by atoms with Gasteiger partial charge in [-0.2, -0.15) is 0 Å². The van der Waals surface area contributed by atoms with E-state index in [1.54, 1.807) is 18.2 Å². The van der Waals surface area contributed by atoms with Crippen LogP contribution in [0.15, 0.2) is 18.2 Å². The lowest BCUT2D eigenvalue weighted by molar-refractivity contribution is -0.177. The summed E-state index contributed by atoms with van der Waals surface area (Å²) in [5, 5.41) is 19.7. The predicted octanol–water partition coefficient (Wildman–Crippen LogP) is 0.201. The van der Waals surface area contributed by atoms with Crippen LogP contribution in [0.5, 0.6) is 0 Å². The average Bonchev–Trinajstić information content (AvgIpc) is 2.58. The Morgan fingerprint density at radius 3 is 2.73 bits per heavy atom. The molecule has 1 saturated heterocycles. The maximum Gasteiger partial charge on any atom is 0.348 e. The second-order valence-electron chi connectivity index (χ2n) is 6.42. The van der Waals surface area contributed by atoms with Gasteiger partial charge < -0.3 is 19.7 Å². The van der Waals surface area contributed by atoms with Crippen molar-refractivity contribution in [3.05, 3.63) is 23.9 Å². The third-order valence-electron chi connectivity index (χ3n) is 4.60. The molecule has 0 bridgehead atoms. The standard InChI is InChI=1S/C17H20N2O7/c1-10(20)26-14(16(22)23)13-15(21)19(8-9-25-13)12-5-2-4-11(18-12)17(24)6-3-7-17/h2,4-5,13-14,24H,3,6-9H2,1H3,(H,22,23). The summed E-state index contributed by atoms with van der Waals surface area (Å²) >= 11 is 0. The van der Waals surface area contributed by atoms with E-state index in [1.165, 1.54) is 4.90 Å². The van der Waals surface area contributed by atoms with Crippen molar-refractivity contribution in [1.29, 1.82) is 0 Å². The zero-order valence-electron chi connectivity index (χ0n) is 14.3. The summed E-state index contributed by atoms with van der Waals surface area (Å²) in [6.07, 6.45) is -1.07. The minimum atomic E-state index is -1.73. The first-order valence-electron chi connectivity index (χ1n) is 8.35. The van der Waals surface area contributed by atoms with Crippen molar-refractivity contribution in [1.82, 2.24) is 4.98 Å². The molecule has 9 nitrogen and oxygen atoms in total. The van der Waals surface area contributed by atoms with Crippen LogP contribution in [0.25, 0.3) is 0 Å². The number of ether oxygens (including phenoxy) is 2. The Bertz CT molecular complexity index is 732. The van der Waals surface area contributed by atoms with Gasteiger partial charge in [0.25, 0.3) is 5.91 Å². The Labute approximate surface area is 149 Å². The molecule has 0 spiro atoms. The van der Waals surface area contributed by atoms with Gasteiger partial charge >= 0.3 is 11.9 Å². The zero-order valence-corrected chi connectivity index (χ0v) is 14.3. The number of hydrogen-bond acceptors (Lipinski definition) is 7. The highest BCUT2D eigenvalue weighted by atomic mass is 16.6. The van der Waals surface area contributed by atoms with Crippen molar-refractivity contribution in [2.45, 2.75) is 44.0 Å². The molecule has 1 saturated carbocycles. The third-order valence-corrected chi connectivity index (χ3v) is 4.60. The van der Waals surface area contributed by atoms with E-state index in [9.17, 15) is 24.6 Å². The van der Waals surface area contributed by atoms with Crippen LogP contribution < -0.4 is 4.90 Å². The molecule has 0 radical (unpaired) electrons. The van der Waals surface area contributed by atoms with Crippen molar-refractivity contribution < 1.29 is 34.1 Å². The summed E-state index contributed by atoms with van der Waals surface area (Å²) in [5.41, 5.74) is -0.501. The first kappa shape index (κ1) is 18.3. The van der Waals surface area contributed by atoms with E-state index < -0.39 is 35.7 Å². The molecular formula is C17H20N2O7. The minimum Gasteiger partial charge on any atom is -0.478 e. The number of aliphatic hydroxyl groups is 1. The molecule has 140 valence electrons. The van der Waals surface area contributed by atoms with Crippen molar-refractivity contribution in [2.75, 3.05) is 18.1 Å². The molecule has 2 N–H and O–H groups in total. The van der Waals surface area contributed by atoms with Crippen LogP contribution in [0, 0.1) is 0 Å². The summed E-state index contributed by atoms with van der Waals surface area (Å²) < 4.78 is 10.0. The fourth-order valence-corrected chi connectivity index (χ4v) is 3.07. The largest absolute Gasteiger partial charge is 0.478 e. The number of rotatable bonds is 5. The number of anilines is 1. The van der Waals surface area contributed by atoms with Gasteiger partial charge in [-0.25, -0.2) is 9.78 Å². The van der Waals surface area contributed by atoms with Crippen molar-refractivity contribution >= 4 is 23.7 Å². The number of nitrogens with zero attached hydrogens (tertiary/aromatic N) is 2. The number of carbonyl (C=O) groups is 3. The lowest BCUT2D eigenvalue weighted by Gasteiger charge is -2.37. The monoisotopic (exact) mass is 364 g/mol. The molecule has 2 aliphatic rings. The minimum absolute atomic E-state index is 0.0671. The lowest BCUT2D eigenvalue weighted by atomic mass is 9.77. The van der Waals surface area contributed by atoms with E-state index in [-0.39, 0.29) is 13.2 Å². The zero-order chi connectivity index (χ0) is 18.9. The predicted molar refractivity (Wildman–Crippen MR) is 87.3 cm³/mol. The van der Waals surface area contributed by atoms with Gasteiger partial charge in [0.1, 0.15) is 11.4 Å². The number of hydrogen-bond donors (Lipinski definition) is 2. The van der Waals surface area contributed by atoms with E-state index in [0.717, 1.165) is 13.3 Å². The van der Waals surface area contributed by atoms with Crippen LogP contribution >= 0.6 is 0 Å². The highest BCUT2D eigenvalue weighted by molar-refractivity contribution is 5.99. The van der Waals surface area contributed by atoms with Gasteiger partial charge in [-0.3, -0.25) is 14.5 Å². The topological polar surface area (TPSA) is 126 Å². The quantitative estimate of drug-likeness (QED) is 0.710. The van der Waals surface area contributed by atoms with Crippen molar-refractivity contribution in [2.24, 2.45) is 0 Å². The van der Waals surface area contributed by atoms with Gasteiger partial charge in [0, 0.05) is 6.92 Å². The fourth-order valence-electron chi connectivity index (χ4n) is 3.07. The number of aliphatic carboxylic acids is 1. The summed E-state index contributed by atoms with van der Waals surface area (Å²) in [7, 11) is 0. The maximum absolute atomic E-state index is 12.7. The molecule has 0 aromatic carbocycles. The van der Waals surface area contributed by atoms with Crippen LogP contribution in [0.2, 0.25) is 0 Å². The second-order valence-corrected chi connectivity index (χ2v) is 6.42. The van der Waals surface area contributed by atoms with E-state index in [2.05, 4.69) is 4.98 Å². The number of carboxylic acids is 1. The molecular weight excluding hydrogens is 344 g/mol. The highest BCUT2D eigenvalue weighted by Gasteiger charge is 2.43. The number of amides is 1. The average molecular weight is 364 g/mol. The maximum atomic E-state index is 12.7. The molecule has 2 unspecified atom stereocenters. The Morgan fingerprint density at radius 1 is 1.42 bits per heavy atom. The van der Waals surface area contributed by atoms with E-state index in [0.29, 0.717) is 24.4 Å². The first-order valence-corrected chi connectivity index (χ1v) is 8.35. The third kappa shape index (κ3) is 3.40. The van der Waals surface area contributed by atoms with Gasteiger partial charge in [0.05, 0.1) is 18.8 Å². The molecule has 1 aliphatic heterocycles. The van der Waals surface area contributed by atoms with E-state index in [4.69, 9.17) is 9.47 Å². The van der Waals surface area contributed by atoms with Crippen LogP contribution in [0.1, 0.15) is 31.9 Å². The lowest BCUT2D eigenvalue weighted by Crippen LogP contribution is -2.56. The summed E-state index contributed by atoms with van der Waals surface area (Å²) in [6, 6.07) is 4.99. The van der Waals surface area contributed by atoms with Crippen LogP contribution in [-0.2, 0) is 29.5 Å². The Hall–Kier alpha value is -2.52. The number of pyridine rings is 1. The molecule has 1 amide bonds. The summed E-state index contributed by atoms with van der Waals surface area (Å²) in [4.78, 5) is 40.9. The van der Waals surface area contributed by atoms with E-state index in [1.807, 2.05) is 0 Å². The number of aromatic nitrogens is 1. The number of carbonyl (C=O) groups excluding carboxylic acids is 2. The van der Waals surface area contributed by atoms with Gasteiger partial charge in [-0.1, -0.05) is 6.07 Å². The molecule has 9 heteroatoms. The molecule has 2 atom stereocenters. The summed E-state index contributed by atoms with van der Waals surface area (Å²) in [5.74, 6) is -2.65. The van der Waals surface area contributed by atoms with Crippen LogP contribution in [0.4, 0.5) is 5.82 Å². The molecule has 2 fully saturated rings. The summed E-state index contributed by atoms with van der Waals surface area (Å²) in [6.45, 7) is 1.31. The SMILES string of the molecule is CC(=O)OC(C(=O)O)C1OCCN(c2cccc(C3(O)CCC3)n2)C1=O. The van der Waals surface area contributed by atoms with Crippen LogP contribution in [-0.4, -0.2) is 58.4 Å². The Morgan fingerprint density at radius 2 is 2.15 bits per heavy atom. The molecule has 2 heterocycles. The van der Waals surface area contributed by atoms with Crippen LogP contribution in [0.3, 0.4) is 0 Å². The molecule has 1 aromatic rings. The van der Waals surface area contributed by atoms with Gasteiger partial charge in [0.2, 0.25) is 6.10 Å². The van der Waals surface area contributed by atoms with Crippen molar-refractivity contribution in [3.8, 4) is 0 Å². The van der Waals surface area contributed by atoms with Gasteiger partial charge in [-0.15, -0.1) is 0 Å². The number of carboxylic acid groups (broad SMARTS) is 1. The molecule has 1 aliphatic carbocycles. The van der Waals surface area contributed by atoms with Crippen molar-refractivity contribution in [3.63, 3.8) is 0 Å². The van der Waals surface area contributed by atoms with E-state index >= 15 is 0 Å². The molecule has 1 aromatic heterocycles. The number of esters is 1. The Kier molecular flexibility index (Phi) is 4.92. The Balaban J connectivity index is 1.84. The molecule has 26 heavy (non-hydrogen) atoms. The first-order chi connectivity index (χ1) is 12.3. The normalized spacial score (nSPS) is 23.1. The van der Waals surface area contributed by atoms with Gasteiger partial charge in [0.15, 0.2) is 6.10 Å². The smallest absolute Gasteiger partial charge is 0.348 e. The molecule has 3 rings (SSSR count). The number of morpholine rings is 1. The van der Waals surface area contributed by atoms with Gasteiger partial charge in [-0.05, 0) is 31.4 Å².